The fourth-order valence-electron chi connectivity index (χ4n) is 3.13. The van der Waals surface area contributed by atoms with Gasteiger partial charge in [-0.3, -0.25) is 9.59 Å². The van der Waals surface area contributed by atoms with Gasteiger partial charge >= 0.3 is 0 Å². The van der Waals surface area contributed by atoms with E-state index in [0.29, 0.717) is 47.0 Å². The monoisotopic (exact) mass is 420 g/mol. The van der Waals surface area contributed by atoms with Gasteiger partial charge in [0.25, 0.3) is 5.91 Å². The van der Waals surface area contributed by atoms with Crippen LogP contribution in [0.3, 0.4) is 0 Å². The highest BCUT2D eigenvalue weighted by molar-refractivity contribution is 7.12. The van der Waals surface area contributed by atoms with Crippen LogP contribution in [-0.2, 0) is 4.79 Å². The summed E-state index contributed by atoms with van der Waals surface area (Å²) in [6.07, 6.45) is 1.58. The van der Waals surface area contributed by atoms with Gasteiger partial charge in [-0.2, -0.15) is 0 Å². The van der Waals surface area contributed by atoms with Crippen LogP contribution in [0.4, 0.5) is 5.69 Å². The normalized spacial score (nSPS) is 16.9. The Morgan fingerprint density at radius 1 is 1.36 bits per heavy atom. The standard InChI is InChI=1S/C21H25ClN2O3S/c1-14(2)13-27-18-8-7-16(11-17(18)22)23-20(25)15-5-3-9-24(12-15)21(26)19-6-4-10-28-19/h4,6-8,10-11,14-15H,3,5,9,12-13H2,1-2H3,(H,23,25). The Morgan fingerprint density at radius 3 is 2.86 bits per heavy atom. The van der Waals surface area contributed by atoms with Crippen molar-refractivity contribution in [2.24, 2.45) is 11.8 Å². The SMILES string of the molecule is CC(C)COc1ccc(NC(=O)C2CCCN(C(=O)c3cccs3)C2)cc1Cl. The molecule has 2 aromatic rings. The molecule has 0 saturated carbocycles. The molecule has 150 valence electrons. The molecule has 0 aliphatic carbocycles. The van der Waals surface area contributed by atoms with Crippen LogP contribution in [0.1, 0.15) is 36.4 Å². The lowest BCUT2D eigenvalue weighted by Crippen LogP contribution is -2.43. The van der Waals surface area contributed by atoms with Crippen LogP contribution < -0.4 is 10.1 Å². The number of nitrogens with zero attached hydrogens (tertiary/aromatic N) is 1. The van der Waals surface area contributed by atoms with Gasteiger partial charge in [-0.15, -0.1) is 11.3 Å². The molecule has 1 N–H and O–H groups in total. The Labute approximate surface area is 174 Å². The number of hydrogen-bond acceptors (Lipinski definition) is 4. The number of carbonyl (C=O) groups excluding carboxylic acids is 2. The zero-order valence-corrected chi connectivity index (χ0v) is 17.7. The third-order valence-corrected chi connectivity index (χ3v) is 5.74. The van der Waals surface area contributed by atoms with Crippen LogP contribution in [-0.4, -0.2) is 36.4 Å². The minimum atomic E-state index is -0.228. The zero-order chi connectivity index (χ0) is 20.1. The molecule has 1 fully saturated rings. The van der Waals surface area contributed by atoms with E-state index in [9.17, 15) is 9.59 Å². The third kappa shape index (κ3) is 5.26. The van der Waals surface area contributed by atoms with Gasteiger partial charge in [0, 0.05) is 18.8 Å². The number of nitrogens with one attached hydrogen (secondary N) is 1. The van der Waals surface area contributed by atoms with E-state index < -0.39 is 0 Å². The second-order valence-electron chi connectivity index (χ2n) is 7.41. The van der Waals surface area contributed by atoms with Crippen molar-refractivity contribution in [1.82, 2.24) is 4.90 Å². The molecular weight excluding hydrogens is 396 g/mol. The topological polar surface area (TPSA) is 58.6 Å². The first-order valence-corrected chi connectivity index (χ1v) is 10.8. The highest BCUT2D eigenvalue weighted by Crippen LogP contribution is 2.29. The zero-order valence-electron chi connectivity index (χ0n) is 16.1. The number of hydrogen-bond donors (Lipinski definition) is 1. The smallest absolute Gasteiger partial charge is 0.263 e. The minimum Gasteiger partial charge on any atom is -0.492 e. The van der Waals surface area contributed by atoms with Gasteiger partial charge in [-0.1, -0.05) is 31.5 Å². The van der Waals surface area contributed by atoms with E-state index in [4.69, 9.17) is 16.3 Å². The number of benzene rings is 1. The largest absolute Gasteiger partial charge is 0.492 e. The van der Waals surface area contributed by atoms with E-state index in [2.05, 4.69) is 19.2 Å². The molecule has 1 atom stereocenters. The molecule has 7 heteroatoms. The second kappa shape index (κ2) is 9.43. The van der Waals surface area contributed by atoms with E-state index in [0.717, 1.165) is 12.8 Å². The average molecular weight is 421 g/mol. The number of thiophene rings is 1. The van der Waals surface area contributed by atoms with E-state index >= 15 is 0 Å². The molecule has 0 radical (unpaired) electrons. The maximum atomic E-state index is 12.7. The van der Waals surface area contributed by atoms with E-state index in [1.165, 1.54) is 11.3 Å². The Morgan fingerprint density at radius 2 is 2.18 bits per heavy atom. The number of piperidine rings is 1. The number of ether oxygens (including phenoxy) is 1. The Hall–Kier alpha value is -2.05. The molecule has 1 unspecified atom stereocenters. The summed E-state index contributed by atoms with van der Waals surface area (Å²) < 4.78 is 5.66. The van der Waals surface area contributed by atoms with Crippen molar-refractivity contribution in [3.8, 4) is 5.75 Å². The molecular formula is C21H25ClN2O3S. The summed E-state index contributed by atoms with van der Waals surface area (Å²) in [5, 5.41) is 5.28. The van der Waals surface area contributed by atoms with Crippen molar-refractivity contribution < 1.29 is 14.3 Å². The van der Waals surface area contributed by atoms with Crippen molar-refractivity contribution in [2.45, 2.75) is 26.7 Å². The second-order valence-corrected chi connectivity index (χ2v) is 8.76. The number of amides is 2. The first-order valence-electron chi connectivity index (χ1n) is 9.50. The fraction of sp³-hybridized carbons (Fsp3) is 0.429. The molecule has 2 heterocycles. The number of halogens is 1. The minimum absolute atomic E-state index is 0.00204. The first kappa shape index (κ1) is 20.7. The summed E-state index contributed by atoms with van der Waals surface area (Å²) in [6.45, 7) is 5.85. The maximum Gasteiger partial charge on any atom is 0.263 e. The molecule has 1 saturated heterocycles. The van der Waals surface area contributed by atoms with E-state index in [1.807, 2.05) is 17.5 Å². The molecule has 5 nitrogen and oxygen atoms in total. The molecule has 1 aliphatic heterocycles. The number of rotatable bonds is 6. The van der Waals surface area contributed by atoms with Gasteiger partial charge in [0.2, 0.25) is 5.91 Å². The van der Waals surface area contributed by atoms with Crippen molar-refractivity contribution in [2.75, 3.05) is 25.0 Å². The van der Waals surface area contributed by atoms with E-state index in [1.54, 1.807) is 23.1 Å². The van der Waals surface area contributed by atoms with Crippen molar-refractivity contribution in [3.63, 3.8) is 0 Å². The van der Waals surface area contributed by atoms with Crippen molar-refractivity contribution in [3.05, 3.63) is 45.6 Å². The lowest BCUT2D eigenvalue weighted by molar-refractivity contribution is -0.121. The Balaban J connectivity index is 1.59. The van der Waals surface area contributed by atoms with Crippen LogP contribution in [0.25, 0.3) is 0 Å². The summed E-state index contributed by atoms with van der Waals surface area (Å²) in [5.74, 6) is 0.700. The lowest BCUT2D eigenvalue weighted by Gasteiger charge is -2.31. The third-order valence-electron chi connectivity index (χ3n) is 4.58. The quantitative estimate of drug-likeness (QED) is 0.720. The predicted octanol–water partition coefficient (Wildman–Crippen LogP) is 4.93. The maximum absolute atomic E-state index is 12.7. The summed E-state index contributed by atoms with van der Waals surface area (Å²) in [7, 11) is 0. The highest BCUT2D eigenvalue weighted by atomic mass is 35.5. The van der Waals surface area contributed by atoms with Crippen molar-refractivity contribution >= 4 is 40.4 Å². The molecule has 1 aliphatic rings. The predicted molar refractivity (Wildman–Crippen MR) is 113 cm³/mol. The van der Waals surface area contributed by atoms with Gasteiger partial charge < -0.3 is 15.0 Å². The molecule has 1 aromatic heterocycles. The number of likely N-dealkylation sites (tertiary alicyclic amines) is 1. The summed E-state index contributed by atoms with van der Waals surface area (Å²) in [4.78, 5) is 27.8. The van der Waals surface area contributed by atoms with Gasteiger partial charge in [0.15, 0.2) is 0 Å². The van der Waals surface area contributed by atoms with Crippen LogP contribution in [0, 0.1) is 11.8 Å². The van der Waals surface area contributed by atoms with Gasteiger partial charge in [-0.05, 0) is 48.4 Å². The van der Waals surface area contributed by atoms with Gasteiger partial charge in [0.05, 0.1) is 22.4 Å². The molecule has 28 heavy (non-hydrogen) atoms. The summed E-state index contributed by atoms with van der Waals surface area (Å²) >= 11 is 7.70. The number of anilines is 1. The first-order chi connectivity index (χ1) is 13.4. The highest BCUT2D eigenvalue weighted by Gasteiger charge is 2.29. The van der Waals surface area contributed by atoms with Gasteiger partial charge in [-0.25, -0.2) is 0 Å². The van der Waals surface area contributed by atoms with Crippen molar-refractivity contribution in [1.29, 1.82) is 0 Å². The van der Waals surface area contributed by atoms with Crippen LogP contribution in [0.15, 0.2) is 35.7 Å². The fourth-order valence-corrected chi connectivity index (χ4v) is 4.05. The lowest BCUT2D eigenvalue weighted by atomic mass is 9.97. The van der Waals surface area contributed by atoms with E-state index in [-0.39, 0.29) is 17.7 Å². The van der Waals surface area contributed by atoms with Crippen LogP contribution in [0.5, 0.6) is 5.75 Å². The molecule has 1 aromatic carbocycles. The van der Waals surface area contributed by atoms with Gasteiger partial charge in [0.1, 0.15) is 5.75 Å². The number of carbonyl (C=O) groups is 2. The summed E-state index contributed by atoms with van der Waals surface area (Å²) in [5.41, 5.74) is 0.633. The summed E-state index contributed by atoms with van der Waals surface area (Å²) in [6, 6.07) is 8.95. The molecule has 2 amide bonds. The molecule has 0 bridgehead atoms. The average Bonchev–Trinajstić information content (AvgIpc) is 3.21. The molecule has 3 rings (SSSR count). The molecule has 0 spiro atoms. The Kier molecular flexibility index (Phi) is 6.97. The van der Waals surface area contributed by atoms with Crippen LogP contribution >= 0.6 is 22.9 Å². The Bertz CT molecular complexity index is 823. The van der Waals surface area contributed by atoms with Crippen LogP contribution in [0.2, 0.25) is 5.02 Å².